The van der Waals surface area contributed by atoms with Gasteiger partial charge in [-0.3, -0.25) is 9.69 Å². The first-order valence-electron chi connectivity index (χ1n) is 13.6. The first kappa shape index (κ1) is 23.7. The first-order chi connectivity index (χ1) is 17.3. The van der Waals surface area contributed by atoms with Crippen LogP contribution in [0.4, 0.5) is 0 Å². The summed E-state index contributed by atoms with van der Waals surface area (Å²) in [6, 6.07) is 14.0. The van der Waals surface area contributed by atoms with Gasteiger partial charge < -0.3 is 15.1 Å². The number of piperidine rings is 1. The number of hydrogen-bond acceptors (Lipinski definition) is 4. The standard InChI is InChI=1S/C31H38N2O3/c1-21-4-3-5-22(16-21)8-11-29(35)32(2)25-12-13-31(36)28-17-24-9-10-26(34)18-27(24)30(31,19-25)14-15-33(28)20-23-6-7-23/h3-5,8-11,16,18,23,25,28,34,36H,6-7,12-15,17,19-20H2,1-2H3/t25-,28-,30-,31-/m1/s1. The third-order valence-corrected chi connectivity index (χ3v) is 9.66. The molecule has 2 bridgehead atoms. The molecule has 1 aliphatic heterocycles. The highest BCUT2D eigenvalue weighted by atomic mass is 16.3. The van der Waals surface area contributed by atoms with Gasteiger partial charge in [0.25, 0.3) is 0 Å². The van der Waals surface area contributed by atoms with E-state index >= 15 is 0 Å². The maximum atomic E-state index is 13.2. The zero-order valence-electron chi connectivity index (χ0n) is 21.5. The molecule has 6 rings (SSSR count). The number of fused-ring (bicyclic) bond motifs is 1. The lowest BCUT2D eigenvalue weighted by Crippen LogP contribution is -2.74. The SMILES string of the molecule is Cc1cccc(C=CC(=O)N(C)[C@@H]2CC[C@@]3(O)[C@H]4Cc5ccc(O)cc5[C@@]3(CCN4CC3CC3)C2)c1. The molecule has 2 aromatic rings. The van der Waals surface area contributed by atoms with Gasteiger partial charge in [-0.25, -0.2) is 0 Å². The Labute approximate surface area is 214 Å². The second kappa shape index (κ2) is 8.74. The highest BCUT2D eigenvalue weighted by molar-refractivity contribution is 5.91. The average Bonchev–Trinajstić information content (AvgIpc) is 3.68. The number of phenolic OH excluding ortho intramolecular Hbond substituents is 1. The minimum Gasteiger partial charge on any atom is -0.508 e. The summed E-state index contributed by atoms with van der Waals surface area (Å²) in [5.41, 5.74) is 3.27. The number of likely N-dealkylation sites (N-methyl/N-ethyl adjacent to an activating group) is 1. The monoisotopic (exact) mass is 486 g/mol. The molecule has 36 heavy (non-hydrogen) atoms. The number of rotatable bonds is 5. The maximum Gasteiger partial charge on any atom is 0.246 e. The molecule has 1 amide bonds. The summed E-state index contributed by atoms with van der Waals surface area (Å²) < 4.78 is 0. The Balaban J connectivity index is 1.30. The summed E-state index contributed by atoms with van der Waals surface area (Å²) in [4.78, 5) is 17.7. The van der Waals surface area contributed by atoms with E-state index in [-0.39, 0.29) is 23.7 Å². The summed E-state index contributed by atoms with van der Waals surface area (Å²) in [5.74, 6) is 1.04. The molecule has 2 saturated carbocycles. The fraction of sp³-hybridized carbons (Fsp3) is 0.516. The maximum absolute atomic E-state index is 13.2. The molecule has 2 N–H and O–H groups in total. The molecule has 5 nitrogen and oxygen atoms in total. The summed E-state index contributed by atoms with van der Waals surface area (Å²) in [7, 11) is 1.90. The molecule has 3 fully saturated rings. The van der Waals surface area contributed by atoms with Crippen molar-refractivity contribution in [2.75, 3.05) is 20.1 Å². The molecule has 1 heterocycles. The van der Waals surface area contributed by atoms with Crippen molar-refractivity contribution in [3.8, 4) is 5.75 Å². The van der Waals surface area contributed by atoms with E-state index in [0.29, 0.717) is 6.42 Å². The predicted molar refractivity (Wildman–Crippen MR) is 142 cm³/mol. The van der Waals surface area contributed by atoms with Crippen molar-refractivity contribution in [1.29, 1.82) is 0 Å². The Morgan fingerprint density at radius 2 is 2.00 bits per heavy atom. The second-order valence-corrected chi connectivity index (χ2v) is 11.8. The number of carbonyl (C=O) groups excluding carboxylic acids is 1. The number of carbonyl (C=O) groups is 1. The van der Waals surface area contributed by atoms with Crippen LogP contribution in [0.5, 0.6) is 5.75 Å². The number of aliphatic hydroxyl groups is 1. The third kappa shape index (κ3) is 3.88. The Hall–Kier alpha value is -2.63. The molecule has 4 atom stereocenters. The molecular weight excluding hydrogens is 448 g/mol. The Kier molecular flexibility index (Phi) is 5.77. The number of phenols is 1. The van der Waals surface area contributed by atoms with E-state index in [9.17, 15) is 15.0 Å². The molecule has 0 aromatic heterocycles. The number of benzene rings is 2. The van der Waals surface area contributed by atoms with Crippen LogP contribution in [0.15, 0.2) is 48.5 Å². The van der Waals surface area contributed by atoms with Crippen LogP contribution in [-0.4, -0.2) is 63.7 Å². The van der Waals surface area contributed by atoms with Gasteiger partial charge in [0.05, 0.1) is 5.60 Å². The van der Waals surface area contributed by atoms with E-state index in [0.717, 1.165) is 55.8 Å². The fourth-order valence-corrected chi connectivity index (χ4v) is 7.50. The number of nitrogens with zero attached hydrogens (tertiary/aromatic N) is 2. The number of aryl methyl sites for hydroxylation is 1. The number of aromatic hydroxyl groups is 1. The highest BCUT2D eigenvalue weighted by Crippen LogP contribution is 2.59. The van der Waals surface area contributed by atoms with Crippen LogP contribution in [0.3, 0.4) is 0 Å². The largest absolute Gasteiger partial charge is 0.508 e. The highest BCUT2D eigenvalue weighted by Gasteiger charge is 2.65. The fourth-order valence-electron chi connectivity index (χ4n) is 7.50. The molecule has 1 saturated heterocycles. The summed E-state index contributed by atoms with van der Waals surface area (Å²) in [6.07, 6.45) is 10.1. The summed E-state index contributed by atoms with van der Waals surface area (Å²) in [6.45, 7) is 4.11. The van der Waals surface area contributed by atoms with E-state index in [1.807, 2.05) is 36.2 Å². The van der Waals surface area contributed by atoms with Gasteiger partial charge in [0.2, 0.25) is 5.91 Å². The topological polar surface area (TPSA) is 64.0 Å². The van der Waals surface area contributed by atoms with Crippen molar-refractivity contribution in [3.05, 3.63) is 70.8 Å². The lowest BCUT2D eigenvalue weighted by molar-refractivity contribution is -0.177. The molecule has 0 unspecified atom stereocenters. The molecule has 190 valence electrons. The molecular formula is C31H38N2O3. The van der Waals surface area contributed by atoms with Gasteiger partial charge in [-0.1, -0.05) is 35.9 Å². The minimum absolute atomic E-state index is 0.00185. The number of likely N-dealkylation sites (tertiary alicyclic amines) is 1. The van der Waals surface area contributed by atoms with Crippen molar-refractivity contribution >= 4 is 12.0 Å². The van der Waals surface area contributed by atoms with E-state index in [2.05, 4.69) is 30.0 Å². The van der Waals surface area contributed by atoms with Crippen molar-refractivity contribution in [1.82, 2.24) is 9.80 Å². The first-order valence-corrected chi connectivity index (χ1v) is 13.6. The second-order valence-electron chi connectivity index (χ2n) is 11.8. The Bertz CT molecular complexity index is 1200. The molecule has 0 radical (unpaired) electrons. The zero-order chi connectivity index (χ0) is 25.1. The van der Waals surface area contributed by atoms with Gasteiger partial charge in [0, 0.05) is 37.2 Å². The summed E-state index contributed by atoms with van der Waals surface area (Å²) >= 11 is 0. The van der Waals surface area contributed by atoms with Crippen molar-refractivity contribution in [3.63, 3.8) is 0 Å². The smallest absolute Gasteiger partial charge is 0.246 e. The van der Waals surface area contributed by atoms with Crippen molar-refractivity contribution in [2.24, 2.45) is 5.92 Å². The van der Waals surface area contributed by atoms with Crippen LogP contribution in [0.25, 0.3) is 6.08 Å². The lowest BCUT2D eigenvalue weighted by atomic mass is 9.48. The van der Waals surface area contributed by atoms with Gasteiger partial charge in [0.15, 0.2) is 0 Å². The molecule has 3 aliphatic carbocycles. The van der Waals surface area contributed by atoms with Gasteiger partial charge >= 0.3 is 0 Å². The zero-order valence-corrected chi connectivity index (χ0v) is 21.5. The van der Waals surface area contributed by atoms with Gasteiger partial charge in [-0.15, -0.1) is 0 Å². The van der Waals surface area contributed by atoms with E-state index in [1.54, 1.807) is 12.1 Å². The molecule has 5 heteroatoms. The Morgan fingerprint density at radius 3 is 2.78 bits per heavy atom. The van der Waals surface area contributed by atoms with Gasteiger partial charge in [-0.2, -0.15) is 0 Å². The Morgan fingerprint density at radius 1 is 1.17 bits per heavy atom. The van der Waals surface area contributed by atoms with Crippen LogP contribution in [0.1, 0.15) is 60.8 Å². The third-order valence-electron chi connectivity index (χ3n) is 9.66. The van der Waals surface area contributed by atoms with Crippen LogP contribution in [0.2, 0.25) is 0 Å². The number of amides is 1. The van der Waals surface area contributed by atoms with Crippen LogP contribution >= 0.6 is 0 Å². The summed E-state index contributed by atoms with van der Waals surface area (Å²) in [5, 5.41) is 22.9. The van der Waals surface area contributed by atoms with Gasteiger partial charge in [0.1, 0.15) is 5.75 Å². The predicted octanol–water partition coefficient (Wildman–Crippen LogP) is 4.43. The normalized spacial score (nSPS) is 31.6. The molecule has 2 aromatic carbocycles. The van der Waals surface area contributed by atoms with Crippen LogP contribution in [0, 0.1) is 12.8 Å². The van der Waals surface area contributed by atoms with Crippen LogP contribution < -0.4 is 0 Å². The lowest BCUT2D eigenvalue weighted by Gasteiger charge is -2.65. The quantitative estimate of drug-likeness (QED) is 0.614. The van der Waals surface area contributed by atoms with Crippen molar-refractivity contribution < 1.29 is 15.0 Å². The van der Waals surface area contributed by atoms with E-state index < -0.39 is 11.0 Å². The number of hydrogen-bond donors (Lipinski definition) is 2. The minimum atomic E-state index is -0.835. The van der Waals surface area contributed by atoms with Gasteiger partial charge in [-0.05, 0) is 99.2 Å². The average molecular weight is 487 g/mol. The van der Waals surface area contributed by atoms with E-state index in [1.165, 1.54) is 24.0 Å². The molecule has 0 spiro atoms. The van der Waals surface area contributed by atoms with Crippen LogP contribution in [-0.2, 0) is 16.6 Å². The van der Waals surface area contributed by atoms with E-state index in [4.69, 9.17) is 0 Å². The molecule has 4 aliphatic rings. The van der Waals surface area contributed by atoms with Crippen molar-refractivity contribution in [2.45, 2.75) is 75.0 Å².